The Morgan fingerprint density at radius 2 is 0.495 bits per heavy atom. The molecule has 0 aliphatic carbocycles. The summed E-state index contributed by atoms with van der Waals surface area (Å²) in [6.45, 7) is 27.8. The van der Waals surface area contributed by atoms with E-state index in [-0.39, 0.29) is 28.4 Å². The molecule has 0 N–H and O–H groups in total. The molecule has 510 valence electrons. The molecule has 2 aliphatic heterocycles. The van der Waals surface area contributed by atoms with Gasteiger partial charge in [-0.15, -0.1) is 0 Å². The number of hydrogen-bond donors (Lipinski definition) is 0. The van der Waals surface area contributed by atoms with Crippen LogP contribution in [0.3, 0.4) is 0 Å². The first-order chi connectivity index (χ1) is 50.6. The van der Waals surface area contributed by atoms with Gasteiger partial charge in [0.1, 0.15) is 0 Å². The van der Waals surface area contributed by atoms with E-state index in [9.17, 15) is 0 Å². The lowest BCUT2D eigenvalue weighted by atomic mass is 9.33. The quantitative estimate of drug-likeness (QED) is 0.134. The van der Waals surface area contributed by atoms with Crippen molar-refractivity contribution in [3.8, 4) is 67.0 Å². The van der Waals surface area contributed by atoms with Crippen LogP contribution in [0.5, 0.6) is 0 Å². The molecular formula is C100H87BN4. The Morgan fingerprint density at radius 1 is 0.219 bits per heavy atom. The normalized spacial score (nSPS) is 13.1. The first-order valence-electron chi connectivity index (χ1n) is 37.4. The third kappa shape index (κ3) is 11.1. The highest BCUT2D eigenvalue weighted by atomic mass is 15.2. The van der Waals surface area contributed by atoms with Crippen molar-refractivity contribution in [3.63, 3.8) is 0 Å². The topological polar surface area (TPSA) is 16.3 Å². The lowest BCUT2D eigenvalue weighted by Crippen LogP contribution is -2.61. The third-order valence-electron chi connectivity index (χ3n) is 22.6. The van der Waals surface area contributed by atoms with Gasteiger partial charge in [0.25, 0.3) is 6.71 Å². The molecule has 2 aliphatic rings. The molecular weight excluding hydrogens is 1270 g/mol. The monoisotopic (exact) mass is 1350 g/mol. The minimum absolute atomic E-state index is 0.0748. The summed E-state index contributed by atoms with van der Waals surface area (Å²) in [5.74, 6) is 0. The van der Waals surface area contributed by atoms with Crippen LogP contribution in [-0.2, 0) is 21.7 Å². The molecule has 5 heteroatoms. The largest absolute Gasteiger partial charge is 0.311 e. The number of benzene rings is 14. The SMILES string of the molecule is CC(C)(C)c1ccc2c3ccc(C(C)(C)C)cc3n(-c3ccc4c(c3)N(c3ccc(-c5ccccc5-c5ccccc5)cc3)c3cc(-c5ccccc5)cc5c3B4c3ccc(-n4c6cc(C(C)(C)C)ccc6c6ccc(C(C)(C)C)cc64)cc3N5c3ccc(-c4ccccc4-c4ccccc4)cc3)c2c1. The minimum atomic E-state index is -0.189. The molecule has 16 aromatic rings. The fourth-order valence-electron chi connectivity index (χ4n) is 16.8. The van der Waals surface area contributed by atoms with Gasteiger partial charge in [0.05, 0.1) is 22.1 Å². The zero-order chi connectivity index (χ0) is 72.0. The lowest BCUT2D eigenvalue weighted by molar-refractivity contribution is 0.590. The Morgan fingerprint density at radius 3 is 0.800 bits per heavy atom. The van der Waals surface area contributed by atoms with Crippen LogP contribution in [0.1, 0.15) is 105 Å². The molecule has 0 fully saturated rings. The van der Waals surface area contributed by atoms with Crippen LogP contribution in [0.2, 0.25) is 0 Å². The predicted octanol–water partition coefficient (Wildman–Crippen LogP) is 25.5. The summed E-state index contributed by atoms with van der Waals surface area (Å²) >= 11 is 0. The lowest BCUT2D eigenvalue weighted by Gasteiger charge is -2.44. The summed E-state index contributed by atoms with van der Waals surface area (Å²) in [6, 6.07) is 118. The molecule has 0 unspecified atom stereocenters. The van der Waals surface area contributed by atoms with E-state index >= 15 is 0 Å². The third-order valence-corrected chi connectivity index (χ3v) is 22.6. The van der Waals surface area contributed by atoms with Crippen LogP contribution < -0.4 is 26.2 Å². The summed E-state index contributed by atoms with van der Waals surface area (Å²) in [5.41, 5.74) is 34.3. The van der Waals surface area contributed by atoms with Crippen molar-refractivity contribution in [1.82, 2.24) is 9.13 Å². The van der Waals surface area contributed by atoms with E-state index in [4.69, 9.17) is 0 Å². The number of aromatic nitrogens is 2. The van der Waals surface area contributed by atoms with Crippen molar-refractivity contribution < 1.29 is 0 Å². The summed E-state index contributed by atoms with van der Waals surface area (Å²) in [4.78, 5) is 5.22. The number of anilines is 6. The highest BCUT2D eigenvalue weighted by Crippen LogP contribution is 2.50. The number of hydrogen-bond acceptors (Lipinski definition) is 2. The van der Waals surface area contributed by atoms with Crippen molar-refractivity contribution in [2.45, 2.75) is 105 Å². The standard InChI is InChI=1S/C100H87BN4/c1-97(2,3)70-40-50-82-83-51-41-71(98(4,5)6)59-89(83)104(88(82)58-70)76-48-54-86-92(62-76)102(74-44-36-67(37-45-74)80-34-24-22-32-78(80)65-28-18-14-19-29-65)94-56-69(64-26-16-13-17-27-64)57-95-96(94)101(86)87-55-49-77(105-90-60-72(99(7,8)9)42-52-84(90)85-53-43-73(61-91(85)105)100(10,11)12)63-93(87)103(95)75-46-38-68(39-47-75)81-35-25-23-33-79(81)66-30-20-15-21-31-66/h13-63H,1-12H3. The molecule has 0 saturated heterocycles. The Balaban J connectivity index is 0.935. The first kappa shape index (κ1) is 65.4. The van der Waals surface area contributed by atoms with Gasteiger partial charge in [-0.1, -0.05) is 308 Å². The van der Waals surface area contributed by atoms with Crippen molar-refractivity contribution in [2.24, 2.45) is 0 Å². The molecule has 2 aromatic heterocycles. The van der Waals surface area contributed by atoms with E-state index in [2.05, 4.69) is 411 Å². The van der Waals surface area contributed by atoms with Gasteiger partial charge in [0.15, 0.2) is 0 Å². The van der Waals surface area contributed by atoms with Crippen LogP contribution >= 0.6 is 0 Å². The summed E-state index contributed by atoms with van der Waals surface area (Å²) in [6.07, 6.45) is 0. The van der Waals surface area contributed by atoms with E-state index in [1.54, 1.807) is 0 Å². The second-order valence-electron chi connectivity index (χ2n) is 33.4. The molecule has 0 saturated carbocycles. The molecule has 0 bridgehead atoms. The van der Waals surface area contributed by atoms with Crippen LogP contribution in [-0.4, -0.2) is 15.8 Å². The molecule has 4 heterocycles. The maximum Gasteiger partial charge on any atom is 0.252 e. The Labute approximate surface area is 619 Å². The van der Waals surface area contributed by atoms with Gasteiger partial charge >= 0.3 is 0 Å². The molecule has 0 radical (unpaired) electrons. The van der Waals surface area contributed by atoms with Crippen LogP contribution in [0.15, 0.2) is 309 Å². The van der Waals surface area contributed by atoms with E-state index in [1.165, 1.54) is 116 Å². The zero-order valence-corrected chi connectivity index (χ0v) is 62.3. The fraction of sp³-hybridized carbons (Fsp3) is 0.160. The van der Waals surface area contributed by atoms with Crippen molar-refractivity contribution in [1.29, 1.82) is 0 Å². The van der Waals surface area contributed by atoms with E-state index in [0.717, 1.165) is 67.8 Å². The van der Waals surface area contributed by atoms with Crippen molar-refractivity contribution >= 4 is 101 Å². The van der Waals surface area contributed by atoms with Crippen molar-refractivity contribution in [3.05, 3.63) is 332 Å². The van der Waals surface area contributed by atoms with Crippen LogP contribution in [0, 0.1) is 0 Å². The molecule has 105 heavy (non-hydrogen) atoms. The van der Waals surface area contributed by atoms with E-state index in [1.807, 2.05) is 0 Å². The summed E-state index contributed by atoms with van der Waals surface area (Å²) < 4.78 is 5.15. The predicted molar refractivity (Wildman–Crippen MR) is 451 cm³/mol. The van der Waals surface area contributed by atoms with E-state index in [0.29, 0.717) is 0 Å². The molecule has 0 amide bonds. The summed E-state index contributed by atoms with van der Waals surface area (Å²) in [7, 11) is 0. The van der Waals surface area contributed by atoms with Crippen molar-refractivity contribution in [2.75, 3.05) is 9.80 Å². The van der Waals surface area contributed by atoms with Gasteiger partial charge < -0.3 is 18.9 Å². The Kier molecular flexibility index (Phi) is 15.3. The van der Waals surface area contributed by atoms with Gasteiger partial charge in [-0.2, -0.15) is 0 Å². The number of nitrogens with zero attached hydrogens (tertiary/aromatic N) is 4. The molecule has 4 nitrogen and oxygen atoms in total. The van der Waals surface area contributed by atoms with Gasteiger partial charge in [0.2, 0.25) is 0 Å². The zero-order valence-electron chi connectivity index (χ0n) is 62.3. The molecule has 0 spiro atoms. The summed E-state index contributed by atoms with van der Waals surface area (Å²) in [5, 5.41) is 5.00. The fourth-order valence-corrected chi connectivity index (χ4v) is 16.8. The highest BCUT2D eigenvalue weighted by molar-refractivity contribution is 7.00. The molecule has 0 atom stereocenters. The number of fused-ring (bicyclic) bond motifs is 10. The van der Waals surface area contributed by atoms with Gasteiger partial charge in [0, 0.05) is 67.0 Å². The van der Waals surface area contributed by atoms with Gasteiger partial charge in [-0.25, -0.2) is 0 Å². The highest BCUT2D eigenvalue weighted by Gasteiger charge is 2.44. The second kappa shape index (κ2) is 24.5. The minimum Gasteiger partial charge on any atom is -0.311 e. The molecule has 14 aromatic carbocycles. The first-order valence-corrected chi connectivity index (χ1v) is 37.4. The Hall–Kier alpha value is -11.7. The number of rotatable bonds is 9. The maximum absolute atomic E-state index is 2.61. The van der Waals surface area contributed by atoms with Gasteiger partial charge in [-0.3, -0.25) is 0 Å². The smallest absolute Gasteiger partial charge is 0.252 e. The maximum atomic E-state index is 2.61. The molecule has 18 rings (SSSR count). The van der Waals surface area contributed by atoms with Gasteiger partial charge in [-0.05, 0) is 201 Å². The van der Waals surface area contributed by atoms with E-state index < -0.39 is 0 Å². The second-order valence-corrected chi connectivity index (χ2v) is 33.4. The van der Waals surface area contributed by atoms with Crippen LogP contribution in [0.25, 0.3) is 111 Å². The Bertz CT molecular complexity index is 5610. The van der Waals surface area contributed by atoms with Crippen LogP contribution in [0.4, 0.5) is 34.1 Å². The average molecular weight is 1360 g/mol. The average Bonchev–Trinajstić information content (AvgIpc) is 0.951.